The average Bonchev–Trinajstić information content (AvgIpc) is 3.12. The number of imidazole rings is 1. The number of phenolic OH excluding ortho intramolecular Hbond substituents is 1. The van der Waals surface area contributed by atoms with E-state index < -0.39 is 0 Å². The number of fused-ring (bicyclic) bond motifs is 1. The van der Waals surface area contributed by atoms with E-state index in [1.165, 1.54) is 6.07 Å². The molecule has 4 aromatic rings. The maximum absolute atomic E-state index is 12.3. The third-order valence-corrected chi connectivity index (χ3v) is 4.07. The highest BCUT2D eigenvalue weighted by Crippen LogP contribution is 2.28. The van der Waals surface area contributed by atoms with Crippen molar-refractivity contribution in [2.75, 3.05) is 11.9 Å². The van der Waals surface area contributed by atoms with Crippen molar-refractivity contribution in [1.29, 1.82) is 0 Å². The molecule has 4 rings (SSSR count). The Labute approximate surface area is 155 Å². The number of benzene rings is 3. The zero-order valence-electron chi connectivity index (χ0n) is 14.3. The summed E-state index contributed by atoms with van der Waals surface area (Å²) in [6, 6.07) is 21.7. The number of aromatic amines is 1. The number of hydrogen-bond acceptors (Lipinski definition) is 4. The molecule has 0 aliphatic carbocycles. The van der Waals surface area contributed by atoms with E-state index in [1.54, 1.807) is 24.3 Å². The van der Waals surface area contributed by atoms with Gasteiger partial charge in [-0.2, -0.15) is 0 Å². The fourth-order valence-corrected chi connectivity index (χ4v) is 2.79. The van der Waals surface area contributed by atoms with E-state index in [1.807, 2.05) is 42.5 Å². The number of rotatable bonds is 5. The zero-order valence-corrected chi connectivity index (χ0v) is 14.3. The lowest BCUT2D eigenvalue weighted by molar-refractivity contribution is -0.118. The Bertz CT molecular complexity index is 1070. The van der Waals surface area contributed by atoms with E-state index in [4.69, 9.17) is 4.74 Å². The average molecular weight is 359 g/mol. The smallest absolute Gasteiger partial charge is 0.262 e. The first-order valence-corrected chi connectivity index (χ1v) is 8.45. The second-order valence-electron chi connectivity index (χ2n) is 5.95. The molecule has 0 spiro atoms. The highest BCUT2D eigenvalue weighted by Gasteiger charge is 2.12. The molecule has 27 heavy (non-hydrogen) atoms. The molecule has 0 atom stereocenters. The first kappa shape index (κ1) is 16.7. The van der Waals surface area contributed by atoms with Gasteiger partial charge in [0.1, 0.15) is 5.82 Å². The Morgan fingerprint density at radius 3 is 2.59 bits per heavy atom. The lowest BCUT2D eigenvalue weighted by Gasteiger charge is -2.11. The van der Waals surface area contributed by atoms with Gasteiger partial charge in [-0.25, -0.2) is 4.98 Å². The van der Waals surface area contributed by atoms with Crippen molar-refractivity contribution < 1.29 is 14.6 Å². The molecule has 1 aromatic heterocycles. The van der Waals surface area contributed by atoms with Gasteiger partial charge in [0.15, 0.2) is 18.1 Å². The van der Waals surface area contributed by atoms with Crippen LogP contribution in [0.3, 0.4) is 0 Å². The Morgan fingerprint density at radius 1 is 1.00 bits per heavy atom. The molecular formula is C21H17N3O3. The van der Waals surface area contributed by atoms with Crippen LogP contribution >= 0.6 is 0 Å². The summed E-state index contributed by atoms with van der Waals surface area (Å²) in [4.78, 5) is 20.2. The number of anilines is 1. The number of para-hydroxylation sites is 5. The van der Waals surface area contributed by atoms with E-state index in [9.17, 15) is 9.90 Å². The standard InChI is InChI=1S/C21H17N3O3/c25-18-11-5-6-12-19(18)27-13-20(26)22-15-8-2-1-7-14(15)21-23-16-9-3-4-10-17(16)24-21/h1-12,25H,13H2,(H,22,26)(H,23,24). The number of carbonyl (C=O) groups excluding carboxylic acids is 1. The van der Waals surface area contributed by atoms with Crippen molar-refractivity contribution in [3.63, 3.8) is 0 Å². The molecule has 1 heterocycles. The number of amides is 1. The third kappa shape index (κ3) is 3.59. The second-order valence-corrected chi connectivity index (χ2v) is 5.95. The summed E-state index contributed by atoms with van der Waals surface area (Å²) < 4.78 is 5.38. The Kier molecular flexibility index (Phi) is 4.45. The topological polar surface area (TPSA) is 87.2 Å². The van der Waals surface area contributed by atoms with E-state index in [0.29, 0.717) is 11.5 Å². The van der Waals surface area contributed by atoms with Gasteiger partial charge in [-0.1, -0.05) is 36.4 Å². The molecule has 0 saturated carbocycles. The van der Waals surface area contributed by atoms with Gasteiger partial charge in [0.05, 0.1) is 16.7 Å². The van der Waals surface area contributed by atoms with Crippen LogP contribution in [0.5, 0.6) is 11.5 Å². The minimum atomic E-state index is -0.332. The third-order valence-electron chi connectivity index (χ3n) is 4.07. The van der Waals surface area contributed by atoms with Gasteiger partial charge in [0.25, 0.3) is 5.91 Å². The lowest BCUT2D eigenvalue weighted by Crippen LogP contribution is -2.20. The highest BCUT2D eigenvalue weighted by molar-refractivity contribution is 5.96. The van der Waals surface area contributed by atoms with Crippen LogP contribution in [0.2, 0.25) is 0 Å². The van der Waals surface area contributed by atoms with Crippen LogP contribution in [-0.2, 0) is 4.79 Å². The molecule has 0 bridgehead atoms. The first-order chi connectivity index (χ1) is 13.2. The van der Waals surface area contributed by atoms with Crippen LogP contribution in [-0.4, -0.2) is 27.6 Å². The van der Waals surface area contributed by atoms with Gasteiger partial charge in [0, 0.05) is 5.56 Å². The van der Waals surface area contributed by atoms with Crippen LogP contribution in [0.4, 0.5) is 5.69 Å². The van der Waals surface area contributed by atoms with Gasteiger partial charge in [-0.05, 0) is 36.4 Å². The zero-order chi connectivity index (χ0) is 18.6. The molecule has 0 fully saturated rings. The molecule has 0 aliphatic heterocycles. The molecule has 6 heteroatoms. The van der Waals surface area contributed by atoms with E-state index >= 15 is 0 Å². The van der Waals surface area contributed by atoms with Gasteiger partial charge < -0.3 is 20.1 Å². The minimum absolute atomic E-state index is 0.00650. The Hall–Kier alpha value is -3.80. The number of nitrogens with one attached hydrogen (secondary N) is 2. The number of aromatic hydroxyl groups is 1. The van der Waals surface area contributed by atoms with Crippen molar-refractivity contribution in [1.82, 2.24) is 9.97 Å². The largest absolute Gasteiger partial charge is 0.504 e. The first-order valence-electron chi connectivity index (χ1n) is 8.45. The number of ether oxygens (including phenoxy) is 1. The van der Waals surface area contributed by atoms with Crippen molar-refractivity contribution in [3.05, 3.63) is 72.8 Å². The molecule has 0 radical (unpaired) electrons. The number of aromatic nitrogens is 2. The highest BCUT2D eigenvalue weighted by atomic mass is 16.5. The summed E-state index contributed by atoms with van der Waals surface area (Å²) in [5.41, 5.74) is 3.19. The normalized spacial score (nSPS) is 10.7. The number of H-pyrrole nitrogens is 1. The monoisotopic (exact) mass is 359 g/mol. The molecule has 3 N–H and O–H groups in total. The fraction of sp³-hybridized carbons (Fsp3) is 0.0476. The molecule has 1 amide bonds. The predicted molar refractivity (Wildman–Crippen MR) is 104 cm³/mol. The number of hydrogen-bond donors (Lipinski definition) is 3. The number of carbonyl (C=O) groups is 1. The van der Waals surface area contributed by atoms with Crippen molar-refractivity contribution in [3.8, 4) is 22.9 Å². The predicted octanol–water partition coefficient (Wildman–Crippen LogP) is 3.95. The molecular weight excluding hydrogens is 342 g/mol. The maximum Gasteiger partial charge on any atom is 0.262 e. The van der Waals surface area contributed by atoms with Crippen molar-refractivity contribution >= 4 is 22.6 Å². The van der Waals surface area contributed by atoms with Gasteiger partial charge in [0.2, 0.25) is 0 Å². The van der Waals surface area contributed by atoms with Crippen LogP contribution < -0.4 is 10.1 Å². The molecule has 0 aliphatic rings. The molecule has 3 aromatic carbocycles. The van der Waals surface area contributed by atoms with Gasteiger partial charge >= 0.3 is 0 Å². The van der Waals surface area contributed by atoms with E-state index in [-0.39, 0.29) is 24.0 Å². The van der Waals surface area contributed by atoms with Gasteiger partial charge in [-0.3, -0.25) is 4.79 Å². The number of phenols is 1. The molecule has 134 valence electrons. The van der Waals surface area contributed by atoms with E-state index in [2.05, 4.69) is 15.3 Å². The van der Waals surface area contributed by atoms with Crippen molar-refractivity contribution in [2.45, 2.75) is 0 Å². The minimum Gasteiger partial charge on any atom is -0.504 e. The SMILES string of the molecule is O=C(COc1ccccc1O)Nc1ccccc1-c1nc2ccccc2[nH]1. The van der Waals surface area contributed by atoms with Crippen LogP contribution in [0.1, 0.15) is 0 Å². The van der Waals surface area contributed by atoms with Crippen LogP contribution in [0.25, 0.3) is 22.4 Å². The molecule has 0 unspecified atom stereocenters. The van der Waals surface area contributed by atoms with Crippen LogP contribution in [0.15, 0.2) is 72.8 Å². The summed E-state index contributed by atoms with van der Waals surface area (Å²) >= 11 is 0. The maximum atomic E-state index is 12.3. The Morgan fingerprint density at radius 2 is 1.74 bits per heavy atom. The summed E-state index contributed by atoms with van der Waals surface area (Å²) in [5.74, 6) is 0.599. The molecule has 6 nitrogen and oxygen atoms in total. The molecule has 0 saturated heterocycles. The summed E-state index contributed by atoms with van der Waals surface area (Å²) in [6.45, 7) is -0.216. The summed E-state index contributed by atoms with van der Waals surface area (Å²) in [6.07, 6.45) is 0. The summed E-state index contributed by atoms with van der Waals surface area (Å²) in [5, 5.41) is 12.5. The Balaban J connectivity index is 1.52. The van der Waals surface area contributed by atoms with Crippen molar-refractivity contribution in [2.24, 2.45) is 0 Å². The second kappa shape index (κ2) is 7.21. The lowest BCUT2D eigenvalue weighted by atomic mass is 10.1. The quantitative estimate of drug-likeness (QED) is 0.503. The van der Waals surface area contributed by atoms with E-state index in [0.717, 1.165) is 16.6 Å². The number of nitrogens with zero attached hydrogens (tertiary/aromatic N) is 1. The van der Waals surface area contributed by atoms with Crippen LogP contribution in [0, 0.1) is 0 Å². The fourth-order valence-electron chi connectivity index (χ4n) is 2.79. The summed E-state index contributed by atoms with van der Waals surface area (Å²) in [7, 11) is 0. The van der Waals surface area contributed by atoms with Gasteiger partial charge in [-0.15, -0.1) is 0 Å².